The number of hydrogen-bond donors (Lipinski definition) is 1. The number of ether oxygens (including phenoxy) is 2. The van der Waals surface area contributed by atoms with Gasteiger partial charge in [0, 0.05) is 35.9 Å². The SMILES string of the molecule is COc1cc(CC(=O)N2CCc3c(n(Cc4cccc(C(F)F)c4)c4ncccc34)C2)cc(OC)c1C(=O)O. The van der Waals surface area contributed by atoms with Crippen LogP contribution in [-0.2, 0) is 30.7 Å². The number of carboxylic acid groups (broad SMARTS) is 1. The largest absolute Gasteiger partial charge is 0.496 e. The van der Waals surface area contributed by atoms with E-state index in [1.165, 1.54) is 38.5 Å². The number of benzene rings is 2. The van der Waals surface area contributed by atoms with Gasteiger partial charge in [-0.3, -0.25) is 4.79 Å². The van der Waals surface area contributed by atoms with E-state index in [1.54, 1.807) is 23.2 Å². The van der Waals surface area contributed by atoms with Crippen molar-refractivity contribution in [2.24, 2.45) is 0 Å². The molecule has 1 aliphatic heterocycles. The van der Waals surface area contributed by atoms with Gasteiger partial charge in [-0.1, -0.05) is 18.2 Å². The summed E-state index contributed by atoms with van der Waals surface area (Å²) < 4.78 is 39.1. The van der Waals surface area contributed by atoms with E-state index in [1.807, 2.05) is 16.7 Å². The van der Waals surface area contributed by atoms with Crippen LogP contribution in [0.25, 0.3) is 11.0 Å². The maximum absolute atomic E-state index is 13.4. The Bertz CT molecular complexity index is 1540. The van der Waals surface area contributed by atoms with E-state index in [0.717, 1.165) is 27.9 Å². The van der Waals surface area contributed by atoms with Crippen molar-refractivity contribution in [2.45, 2.75) is 32.4 Å². The van der Waals surface area contributed by atoms with E-state index in [2.05, 4.69) is 4.98 Å². The fourth-order valence-corrected chi connectivity index (χ4v) is 5.22. The molecule has 0 unspecified atom stereocenters. The van der Waals surface area contributed by atoms with Crippen LogP contribution in [0.2, 0.25) is 0 Å². The molecule has 1 N–H and O–H groups in total. The summed E-state index contributed by atoms with van der Waals surface area (Å²) >= 11 is 0. The molecule has 0 aliphatic carbocycles. The molecule has 8 nitrogen and oxygen atoms in total. The summed E-state index contributed by atoms with van der Waals surface area (Å²) in [6.45, 7) is 1.18. The van der Waals surface area contributed by atoms with Crippen LogP contribution in [0.15, 0.2) is 54.7 Å². The summed E-state index contributed by atoms with van der Waals surface area (Å²) in [5.74, 6) is -1.10. The molecule has 0 spiro atoms. The van der Waals surface area contributed by atoms with Gasteiger partial charge in [0.05, 0.1) is 27.2 Å². The highest BCUT2D eigenvalue weighted by atomic mass is 19.3. The second-order valence-corrected chi connectivity index (χ2v) is 9.35. The molecular formula is C29H27F2N3O5. The summed E-state index contributed by atoms with van der Waals surface area (Å²) in [6.07, 6.45) is -0.215. The van der Waals surface area contributed by atoms with Crippen LogP contribution < -0.4 is 9.47 Å². The van der Waals surface area contributed by atoms with Crippen molar-refractivity contribution in [3.05, 3.63) is 88.2 Å². The molecule has 5 rings (SSSR count). The second kappa shape index (κ2) is 10.7. The van der Waals surface area contributed by atoms with E-state index < -0.39 is 12.4 Å². The molecule has 0 radical (unpaired) electrons. The summed E-state index contributed by atoms with van der Waals surface area (Å²) in [4.78, 5) is 31.4. The lowest BCUT2D eigenvalue weighted by molar-refractivity contribution is -0.131. The minimum absolute atomic E-state index is 0.0247. The number of carbonyl (C=O) groups excluding carboxylic acids is 1. The molecule has 202 valence electrons. The van der Waals surface area contributed by atoms with Gasteiger partial charge >= 0.3 is 5.97 Å². The van der Waals surface area contributed by atoms with E-state index in [-0.39, 0.29) is 35.0 Å². The Labute approximate surface area is 223 Å². The van der Waals surface area contributed by atoms with E-state index >= 15 is 0 Å². The van der Waals surface area contributed by atoms with Gasteiger partial charge in [0.15, 0.2) is 0 Å². The van der Waals surface area contributed by atoms with Gasteiger partial charge in [0.25, 0.3) is 6.43 Å². The molecule has 2 aromatic heterocycles. The Morgan fingerprint density at radius 1 is 1.05 bits per heavy atom. The molecular weight excluding hydrogens is 508 g/mol. The first-order chi connectivity index (χ1) is 18.8. The quantitative estimate of drug-likeness (QED) is 0.346. The Morgan fingerprint density at radius 2 is 1.79 bits per heavy atom. The maximum Gasteiger partial charge on any atom is 0.343 e. The number of pyridine rings is 1. The van der Waals surface area contributed by atoms with Gasteiger partial charge in [0.1, 0.15) is 22.7 Å². The van der Waals surface area contributed by atoms with Crippen molar-refractivity contribution in [1.29, 1.82) is 0 Å². The Hall–Kier alpha value is -4.47. The number of fused-ring (bicyclic) bond motifs is 3. The monoisotopic (exact) mass is 535 g/mol. The third-order valence-electron chi connectivity index (χ3n) is 7.05. The lowest BCUT2D eigenvalue weighted by Crippen LogP contribution is -2.37. The number of halogens is 2. The Kier molecular flexibility index (Phi) is 7.19. The van der Waals surface area contributed by atoms with E-state index in [0.29, 0.717) is 31.6 Å². The van der Waals surface area contributed by atoms with E-state index in [9.17, 15) is 23.5 Å². The first kappa shape index (κ1) is 26.1. The van der Waals surface area contributed by atoms with Crippen LogP contribution in [0.1, 0.15) is 44.7 Å². The van der Waals surface area contributed by atoms with Gasteiger partial charge in [-0.05, 0) is 53.4 Å². The Morgan fingerprint density at radius 3 is 2.46 bits per heavy atom. The number of methoxy groups -OCH3 is 2. The molecule has 0 bridgehead atoms. The van der Waals surface area contributed by atoms with Crippen molar-refractivity contribution < 1.29 is 33.0 Å². The number of aromatic carboxylic acids is 1. The number of amides is 1. The van der Waals surface area contributed by atoms with Crippen molar-refractivity contribution >= 4 is 22.9 Å². The zero-order valence-corrected chi connectivity index (χ0v) is 21.5. The van der Waals surface area contributed by atoms with Crippen molar-refractivity contribution in [3.8, 4) is 11.5 Å². The molecule has 0 atom stereocenters. The second-order valence-electron chi connectivity index (χ2n) is 9.35. The first-order valence-corrected chi connectivity index (χ1v) is 12.4. The molecule has 0 fully saturated rings. The highest BCUT2D eigenvalue weighted by molar-refractivity contribution is 5.94. The average molecular weight is 536 g/mol. The fourth-order valence-electron chi connectivity index (χ4n) is 5.22. The molecule has 39 heavy (non-hydrogen) atoms. The third kappa shape index (κ3) is 5.01. The van der Waals surface area contributed by atoms with Gasteiger partial charge < -0.3 is 24.0 Å². The highest BCUT2D eigenvalue weighted by Gasteiger charge is 2.28. The zero-order chi connectivity index (χ0) is 27.7. The van der Waals surface area contributed by atoms with Crippen LogP contribution in [-0.4, -0.2) is 52.2 Å². The lowest BCUT2D eigenvalue weighted by atomic mass is 10.0. The predicted molar refractivity (Wildman–Crippen MR) is 140 cm³/mol. The molecule has 4 aromatic rings. The standard InChI is InChI=1S/C29H27F2N3O5/c1-38-23-12-18(13-24(39-2)26(23)29(36)37)14-25(35)33-10-8-20-21-7-4-9-32-28(21)34(22(20)16-33)15-17-5-3-6-19(11-17)27(30)31/h3-7,9,11-13,27H,8,10,14-16H2,1-2H3,(H,36,37). The molecule has 3 heterocycles. The smallest absolute Gasteiger partial charge is 0.343 e. The van der Waals surface area contributed by atoms with Gasteiger partial charge in [-0.2, -0.15) is 0 Å². The van der Waals surface area contributed by atoms with Crippen molar-refractivity contribution in [1.82, 2.24) is 14.5 Å². The normalized spacial score (nSPS) is 13.0. The molecule has 10 heteroatoms. The third-order valence-corrected chi connectivity index (χ3v) is 7.05. The number of carbonyl (C=O) groups is 2. The van der Waals surface area contributed by atoms with Gasteiger partial charge in [0.2, 0.25) is 5.91 Å². The predicted octanol–water partition coefficient (Wildman–Crippen LogP) is 4.87. The van der Waals surface area contributed by atoms with Crippen LogP contribution in [0.4, 0.5) is 8.78 Å². The number of aromatic nitrogens is 2. The molecule has 0 saturated carbocycles. The summed E-state index contributed by atoms with van der Waals surface area (Å²) in [7, 11) is 2.73. The van der Waals surface area contributed by atoms with Crippen LogP contribution in [0.3, 0.4) is 0 Å². The highest BCUT2D eigenvalue weighted by Crippen LogP contribution is 2.33. The number of nitrogens with zero attached hydrogens (tertiary/aromatic N) is 3. The van der Waals surface area contributed by atoms with Gasteiger partial charge in [-0.15, -0.1) is 0 Å². The Balaban J connectivity index is 1.45. The van der Waals surface area contributed by atoms with Crippen molar-refractivity contribution in [3.63, 3.8) is 0 Å². The van der Waals surface area contributed by atoms with Gasteiger partial charge in [-0.25, -0.2) is 18.6 Å². The summed E-state index contributed by atoms with van der Waals surface area (Å²) in [5, 5.41) is 10.5. The first-order valence-electron chi connectivity index (χ1n) is 12.4. The average Bonchev–Trinajstić information content (AvgIpc) is 3.25. The van der Waals surface area contributed by atoms with Crippen molar-refractivity contribution in [2.75, 3.05) is 20.8 Å². The minimum Gasteiger partial charge on any atom is -0.496 e. The number of carboxylic acids is 1. The molecule has 2 aromatic carbocycles. The molecule has 0 saturated heterocycles. The molecule has 1 amide bonds. The zero-order valence-electron chi connectivity index (χ0n) is 21.5. The summed E-state index contributed by atoms with van der Waals surface area (Å²) in [6, 6.07) is 13.3. The maximum atomic E-state index is 13.4. The lowest BCUT2D eigenvalue weighted by Gasteiger charge is -2.29. The number of rotatable bonds is 8. The van der Waals surface area contributed by atoms with E-state index in [4.69, 9.17) is 9.47 Å². The minimum atomic E-state index is -2.56. The van der Waals surface area contributed by atoms with Crippen LogP contribution in [0.5, 0.6) is 11.5 Å². The molecule has 1 aliphatic rings. The summed E-state index contributed by atoms with van der Waals surface area (Å²) in [5.41, 5.74) is 3.91. The van der Waals surface area contributed by atoms with Crippen LogP contribution in [0, 0.1) is 0 Å². The fraction of sp³-hybridized carbons (Fsp3) is 0.276. The number of alkyl halides is 2. The topological polar surface area (TPSA) is 93.9 Å². The number of hydrogen-bond acceptors (Lipinski definition) is 5. The van der Waals surface area contributed by atoms with Crippen LogP contribution >= 0.6 is 0 Å².